The van der Waals surface area contributed by atoms with E-state index in [1.54, 1.807) is 0 Å². The van der Waals surface area contributed by atoms with Gasteiger partial charge in [-0.2, -0.15) is 0 Å². The van der Waals surface area contributed by atoms with E-state index in [0.29, 0.717) is 5.92 Å². The van der Waals surface area contributed by atoms with Gasteiger partial charge in [0.05, 0.1) is 5.41 Å². The van der Waals surface area contributed by atoms with Crippen LogP contribution in [0, 0.1) is 11.3 Å². The van der Waals surface area contributed by atoms with Crippen LogP contribution in [0.25, 0.3) is 0 Å². The smallest absolute Gasteiger partial charge is 0.244 e. The molecular weight excluding hydrogens is 200 g/mol. The Bertz CT molecular complexity index is 316. The Morgan fingerprint density at radius 2 is 2.12 bits per heavy atom. The number of nitrogens with one attached hydrogen (secondary N) is 1. The van der Waals surface area contributed by atoms with Gasteiger partial charge in [0.25, 0.3) is 0 Å². The molecule has 0 spiro atoms. The van der Waals surface area contributed by atoms with E-state index >= 15 is 0 Å². The van der Waals surface area contributed by atoms with Crippen molar-refractivity contribution in [3.05, 3.63) is 24.3 Å². The fraction of sp³-hybridized carbons (Fsp3) is 0.615. The molecule has 3 heteroatoms. The monoisotopic (exact) mass is 220 g/mol. The van der Waals surface area contributed by atoms with Gasteiger partial charge in [0.2, 0.25) is 5.91 Å². The van der Waals surface area contributed by atoms with Gasteiger partial charge in [-0.3, -0.25) is 10.2 Å². The quantitative estimate of drug-likeness (QED) is 0.434. The van der Waals surface area contributed by atoms with Gasteiger partial charge in [-0.25, -0.2) is 5.84 Å². The molecule has 0 heterocycles. The van der Waals surface area contributed by atoms with Crippen LogP contribution in [0.4, 0.5) is 0 Å². The third-order valence-electron chi connectivity index (χ3n) is 3.86. The second-order valence-electron chi connectivity index (χ2n) is 4.98. The van der Waals surface area contributed by atoms with E-state index in [1.807, 2.05) is 18.2 Å². The minimum Gasteiger partial charge on any atom is -0.294 e. The highest BCUT2D eigenvalue weighted by molar-refractivity contribution is 5.84. The summed E-state index contributed by atoms with van der Waals surface area (Å²) >= 11 is 0. The van der Waals surface area contributed by atoms with Gasteiger partial charge in [-0.15, -0.1) is 0 Å². The maximum absolute atomic E-state index is 12.0. The van der Waals surface area contributed by atoms with Gasteiger partial charge in [-0.1, -0.05) is 50.0 Å². The van der Waals surface area contributed by atoms with Crippen LogP contribution in [0.1, 0.15) is 38.5 Å². The summed E-state index contributed by atoms with van der Waals surface area (Å²) in [5.41, 5.74) is 1.94. The normalized spacial score (nSPS) is 29.6. The first-order chi connectivity index (χ1) is 7.77. The number of allylic oxidation sites excluding steroid dienone is 3. The number of carbonyl (C=O) groups excluding carboxylic acids is 1. The number of hydrazine groups is 1. The molecule has 3 nitrogen and oxygen atoms in total. The molecule has 0 aromatic heterocycles. The summed E-state index contributed by atoms with van der Waals surface area (Å²) in [5.74, 6) is 5.95. The Morgan fingerprint density at radius 3 is 2.69 bits per heavy atom. The molecule has 1 atom stereocenters. The summed E-state index contributed by atoms with van der Waals surface area (Å²) < 4.78 is 0. The molecule has 88 valence electrons. The lowest BCUT2D eigenvalue weighted by Gasteiger charge is -2.31. The largest absolute Gasteiger partial charge is 0.294 e. The van der Waals surface area contributed by atoms with Crippen molar-refractivity contribution in [1.82, 2.24) is 5.43 Å². The van der Waals surface area contributed by atoms with E-state index in [9.17, 15) is 4.79 Å². The number of rotatable bonds is 3. The second kappa shape index (κ2) is 4.83. The van der Waals surface area contributed by atoms with Gasteiger partial charge >= 0.3 is 0 Å². The van der Waals surface area contributed by atoms with Crippen LogP contribution in [-0.4, -0.2) is 5.91 Å². The zero-order valence-corrected chi connectivity index (χ0v) is 9.61. The predicted octanol–water partition coefficient (Wildman–Crippen LogP) is 2.06. The molecule has 0 radical (unpaired) electrons. The number of hydrogen-bond acceptors (Lipinski definition) is 2. The highest BCUT2D eigenvalue weighted by Crippen LogP contribution is 2.40. The Labute approximate surface area is 96.7 Å². The molecule has 1 saturated carbocycles. The third kappa shape index (κ3) is 2.19. The molecule has 0 bridgehead atoms. The number of hydrogen-bond donors (Lipinski definition) is 2. The van der Waals surface area contributed by atoms with Gasteiger partial charge < -0.3 is 0 Å². The molecule has 2 aliphatic rings. The highest BCUT2D eigenvalue weighted by Gasteiger charge is 2.38. The van der Waals surface area contributed by atoms with Crippen molar-refractivity contribution >= 4 is 5.91 Å². The van der Waals surface area contributed by atoms with E-state index in [-0.39, 0.29) is 5.91 Å². The Hall–Kier alpha value is -1.09. The van der Waals surface area contributed by atoms with Crippen molar-refractivity contribution < 1.29 is 4.79 Å². The minimum absolute atomic E-state index is 0.0417. The number of amides is 1. The van der Waals surface area contributed by atoms with Crippen molar-refractivity contribution in [3.8, 4) is 0 Å². The Morgan fingerprint density at radius 1 is 1.38 bits per heavy atom. The summed E-state index contributed by atoms with van der Waals surface area (Å²) in [6.45, 7) is 0. The van der Waals surface area contributed by atoms with E-state index in [4.69, 9.17) is 5.84 Å². The topological polar surface area (TPSA) is 55.1 Å². The van der Waals surface area contributed by atoms with Crippen molar-refractivity contribution in [2.75, 3.05) is 0 Å². The van der Waals surface area contributed by atoms with Crippen LogP contribution in [0.2, 0.25) is 0 Å². The summed E-state index contributed by atoms with van der Waals surface area (Å²) in [7, 11) is 0. The van der Waals surface area contributed by atoms with Crippen LogP contribution >= 0.6 is 0 Å². The minimum atomic E-state index is -0.390. The molecule has 2 rings (SSSR count). The van der Waals surface area contributed by atoms with E-state index in [2.05, 4.69) is 11.5 Å². The first kappa shape index (κ1) is 11.4. The van der Waals surface area contributed by atoms with Crippen molar-refractivity contribution in [3.63, 3.8) is 0 Å². The summed E-state index contributed by atoms with van der Waals surface area (Å²) in [4.78, 5) is 12.0. The molecule has 1 unspecified atom stereocenters. The molecule has 0 aromatic carbocycles. The van der Waals surface area contributed by atoms with Crippen LogP contribution in [0.3, 0.4) is 0 Å². The fourth-order valence-corrected chi connectivity index (χ4v) is 2.95. The molecule has 0 aromatic rings. The van der Waals surface area contributed by atoms with Crippen LogP contribution in [-0.2, 0) is 4.79 Å². The van der Waals surface area contributed by atoms with Crippen molar-refractivity contribution in [2.45, 2.75) is 38.5 Å². The molecular formula is C13H20N2O. The van der Waals surface area contributed by atoms with Gasteiger partial charge in [0, 0.05) is 0 Å². The third-order valence-corrected chi connectivity index (χ3v) is 3.86. The maximum atomic E-state index is 12.0. The molecule has 0 saturated heterocycles. The molecule has 1 amide bonds. The standard InChI is InChI=1S/C13H20N2O/c14-15-12(16)13(8-4-1-5-9-13)10-11-6-2-3-7-11/h1,4-5,8,11H,2-3,6-7,9-10,14H2,(H,15,16). The highest BCUT2D eigenvalue weighted by atomic mass is 16.2. The van der Waals surface area contributed by atoms with Crippen molar-refractivity contribution in [1.29, 1.82) is 0 Å². The summed E-state index contributed by atoms with van der Waals surface area (Å²) in [5, 5.41) is 0. The van der Waals surface area contributed by atoms with Gasteiger partial charge in [-0.05, 0) is 18.8 Å². The molecule has 3 N–H and O–H groups in total. The Kier molecular flexibility index (Phi) is 3.44. The van der Waals surface area contributed by atoms with Gasteiger partial charge in [0.1, 0.15) is 0 Å². The molecule has 2 aliphatic carbocycles. The summed E-state index contributed by atoms with van der Waals surface area (Å²) in [6, 6.07) is 0. The average molecular weight is 220 g/mol. The maximum Gasteiger partial charge on any atom is 0.244 e. The average Bonchev–Trinajstić information content (AvgIpc) is 2.82. The lowest BCUT2D eigenvalue weighted by Crippen LogP contribution is -2.44. The van der Waals surface area contributed by atoms with E-state index in [0.717, 1.165) is 12.8 Å². The molecule has 0 aliphatic heterocycles. The van der Waals surface area contributed by atoms with Crippen LogP contribution < -0.4 is 11.3 Å². The Balaban J connectivity index is 2.10. The first-order valence-electron chi connectivity index (χ1n) is 6.12. The van der Waals surface area contributed by atoms with E-state index in [1.165, 1.54) is 25.7 Å². The number of carbonyl (C=O) groups is 1. The van der Waals surface area contributed by atoms with Crippen LogP contribution in [0.15, 0.2) is 24.3 Å². The van der Waals surface area contributed by atoms with Crippen molar-refractivity contribution in [2.24, 2.45) is 17.2 Å². The SMILES string of the molecule is NNC(=O)C1(CC2CCCC2)C=CC=CC1. The molecule has 1 fully saturated rings. The zero-order chi connectivity index (χ0) is 11.4. The number of nitrogens with two attached hydrogens (primary N) is 1. The second-order valence-corrected chi connectivity index (χ2v) is 4.98. The summed E-state index contributed by atoms with van der Waals surface area (Å²) in [6.07, 6.45) is 14.9. The lowest BCUT2D eigenvalue weighted by molar-refractivity contribution is -0.129. The zero-order valence-electron chi connectivity index (χ0n) is 9.61. The lowest BCUT2D eigenvalue weighted by atomic mass is 9.73. The van der Waals surface area contributed by atoms with E-state index < -0.39 is 5.41 Å². The van der Waals surface area contributed by atoms with Crippen LogP contribution in [0.5, 0.6) is 0 Å². The van der Waals surface area contributed by atoms with Gasteiger partial charge in [0.15, 0.2) is 0 Å². The first-order valence-corrected chi connectivity index (χ1v) is 6.12. The molecule has 16 heavy (non-hydrogen) atoms. The predicted molar refractivity (Wildman–Crippen MR) is 64.2 cm³/mol. The fourth-order valence-electron chi connectivity index (χ4n) is 2.95.